The summed E-state index contributed by atoms with van der Waals surface area (Å²) >= 11 is 0. The lowest BCUT2D eigenvalue weighted by Gasteiger charge is -2.27. The van der Waals surface area contributed by atoms with E-state index in [-0.39, 0.29) is 23.0 Å². The van der Waals surface area contributed by atoms with Gasteiger partial charge in [-0.05, 0) is 30.0 Å². The number of carboxylic acids is 1. The van der Waals surface area contributed by atoms with Gasteiger partial charge in [0.25, 0.3) is 0 Å². The van der Waals surface area contributed by atoms with E-state index in [1.807, 2.05) is 0 Å². The first-order valence-corrected chi connectivity index (χ1v) is 10.0. The minimum atomic E-state index is -1.48. The topological polar surface area (TPSA) is 148 Å². The van der Waals surface area contributed by atoms with Gasteiger partial charge in [-0.15, -0.1) is 0 Å². The van der Waals surface area contributed by atoms with Gasteiger partial charge in [-0.3, -0.25) is 9.59 Å². The minimum Gasteiger partial charge on any atom is -0.504 e. The van der Waals surface area contributed by atoms with Crippen LogP contribution < -0.4 is 15.8 Å². The first-order valence-electron chi connectivity index (χ1n) is 10.0. The number of aromatic hydroxyl groups is 1. The van der Waals surface area contributed by atoms with Crippen LogP contribution in [0.4, 0.5) is 0 Å². The molecule has 166 valence electrons. The van der Waals surface area contributed by atoms with Crippen molar-refractivity contribution in [3.8, 4) is 11.5 Å². The average molecular weight is 422 g/mol. The van der Waals surface area contributed by atoms with Crippen LogP contribution in [-0.4, -0.2) is 54.4 Å². The largest absolute Gasteiger partial charge is 0.504 e. The van der Waals surface area contributed by atoms with Crippen LogP contribution in [0.1, 0.15) is 50.0 Å². The Morgan fingerprint density at radius 3 is 2.40 bits per heavy atom. The maximum Gasteiger partial charge on any atom is 0.328 e. The van der Waals surface area contributed by atoms with Gasteiger partial charge in [0.05, 0.1) is 14.2 Å². The molecule has 0 aliphatic heterocycles. The zero-order valence-corrected chi connectivity index (χ0v) is 17.3. The first kappa shape index (κ1) is 23.5. The van der Waals surface area contributed by atoms with E-state index in [9.17, 15) is 24.6 Å². The Kier molecular flexibility index (Phi) is 8.46. The second-order valence-electron chi connectivity index (χ2n) is 7.60. The maximum absolute atomic E-state index is 12.7. The summed E-state index contributed by atoms with van der Waals surface area (Å²) < 4.78 is 9.76. The molecule has 1 amide bonds. The summed E-state index contributed by atoms with van der Waals surface area (Å²) in [7, 11) is 2.60. The third-order valence-corrected chi connectivity index (χ3v) is 5.59. The molecule has 1 fully saturated rings. The molecule has 1 saturated carbocycles. The molecular formula is C21H30N2O7. The van der Waals surface area contributed by atoms with E-state index in [1.54, 1.807) is 0 Å². The Morgan fingerprint density at radius 1 is 1.20 bits per heavy atom. The van der Waals surface area contributed by atoms with E-state index >= 15 is 0 Å². The monoisotopic (exact) mass is 422 g/mol. The van der Waals surface area contributed by atoms with Crippen molar-refractivity contribution >= 4 is 17.8 Å². The van der Waals surface area contributed by atoms with Crippen molar-refractivity contribution in [2.75, 3.05) is 14.2 Å². The summed E-state index contributed by atoms with van der Waals surface area (Å²) in [6.45, 7) is 0. The number of carboxylic acid groups (broad SMARTS) is 1. The molecule has 9 heteroatoms. The number of carbonyl (C=O) groups is 3. The summed E-state index contributed by atoms with van der Waals surface area (Å²) in [6.07, 6.45) is 5.68. The number of ether oxygens (including phenoxy) is 2. The Labute approximate surface area is 175 Å². The first-order chi connectivity index (χ1) is 14.3. The van der Waals surface area contributed by atoms with Crippen LogP contribution in [0, 0.1) is 5.92 Å². The van der Waals surface area contributed by atoms with Crippen LogP contribution in [0.2, 0.25) is 0 Å². The van der Waals surface area contributed by atoms with Crippen molar-refractivity contribution in [3.05, 3.63) is 23.8 Å². The van der Waals surface area contributed by atoms with Gasteiger partial charge in [0.15, 0.2) is 11.5 Å². The Bertz CT molecular complexity index is 762. The number of carbonyl (C=O) groups excluding carboxylic acids is 2. The molecule has 1 aromatic rings. The number of aliphatic carboxylic acids is 1. The van der Waals surface area contributed by atoms with E-state index in [1.165, 1.54) is 32.4 Å². The Hall–Kier alpha value is -2.81. The summed E-state index contributed by atoms with van der Waals surface area (Å²) in [4.78, 5) is 36.8. The second kappa shape index (κ2) is 10.8. The van der Waals surface area contributed by atoms with Gasteiger partial charge in [0.2, 0.25) is 5.91 Å². The van der Waals surface area contributed by atoms with Gasteiger partial charge in [-0.25, -0.2) is 4.79 Å². The zero-order chi connectivity index (χ0) is 22.3. The maximum atomic E-state index is 12.7. The molecule has 0 bridgehead atoms. The molecule has 9 nitrogen and oxygen atoms in total. The highest BCUT2D eigenvalue weighted by Crippen LogP contribution is 2.31. The standard InChI is InChI=1S/C21H30N2O7/c1-29-16-9-8-13(11-15(16)24)17(20(26)27)18(22)19(25)23-14(21(28)30-2)10-12-6-4-3-5-7-12/h8-9,11-12,14,17-18,24H,3-7,10,22H2,1-2H3,(H,23,25)(H,26,27). The molecule has 0 radical (unpaired) electrons. The summed E-state index contributed by atoms with van der Waals surface area (Å²) in [5, 5.41) is 22.2. The second-order valence-corrected chi connectivity index (χ2v) is 7.60. The molecule has 1 aromatic carbocycles. The predicted molar refractivity (Wildman–Crippen MR) is 108 cm³/mol. The molecule has 3 atom stereocenters. The van der Waals surface area contributed by atoms with Crippen molar-refractivity contribution in [3.63, 3.8) is 0 Å². The molecule has 0 spiro atoms. The highest BCUT2D eigenvalue weighted by atomic mass is 16.5. The summed E-state index contributed by atoms with van der Waals surface area (Å²) in [6, 6.07) is 1.64. The number of nitrogens with one attached hydrogen (secondary N) is 1. The normalized spacial score (nSPS) is 17.4. The fourth-order valence-electron chi connectivity index (χ4n) is 3.94. The molecule has 2 rings (SSSR count). The van der Waals surface area contributed by atoms with Crippen LogP contribution in [0.3, 0.4) is 0 Å². The van der Waals surface area contributed by atoms with E-state index in [0.29, 0.717) is 6.42 Å². The Morgan fingerprint density at radius 2 is 1.87 bits per heavy atom. The Balaban J connectivity index is 2.16. The van der Waals surface area contributed by atoms with E-state index in [0.717, 1.165) is 32.1 Å². The van der Waals surface area contributed by atoms with Gasteiger partial charge in [0, 0.05) is 0 Å². The summed E-state index contributed by atoms with van der Waals surface area (Å²) in [5.74, 6) is -3.93. The van der Waals surface area contributed by atoms with Crippen LogP contribution in [0.5, 0.6) is 11.5 Å². The number of nitrogens with two attached hydrogens (primary N) is 1. The van der Waals surface area contributed by atoms with Crippen LogP contribution in [0.25, 0.3) is 0 Å². The van der Waals surface area contributed by atoms with E-state index in [2.05, 4.69) is 5.32 Å². The lowest BCUT2D eigenvalue weighted by atomic mass is 9.84. The fourth-order valence-corrected chi connectivity index (χ4v) is 3.94. The number of hydrogen-bond acceptors (Lipinski definition) is 7. The lowest BCUT2D eigenvalue weighted by molar-refractivity contribution is -0.146. The average Bonchev–Trinajstić information content (AvgIpc) is 2.73. The van der Waals surface area contributed by atoms with E-state index < -0.39 is 35.8 Å². The molecule has 1 aliphatic carbocycles. The highest BCUT2D eigenvalue weighted by Gasteiger charge is 2.35. The number of rotatable bonds is 9. The number of amides is 1. The molecule has 0 saturated heterocycles. The zero-order valence-electron chi connectivity index (χ0n) is 17.3. The summed E-state index contributed by atoms with van der Waals surface area (Å²) in [5.41, 5.74) is 6.12. The molecule has 3 unspecified atom stereocenters. The van der Waals surface area contributed by atoms with Crippen molar-refractivity contribution in [2.24, 2.45) is 11.7 Å². The number of phenolic OH excluding ortho intramolecular Hbond substituents is 1. The minimum absolute atomic E-state index is 0.144. The lowest BCUT2D eigenvalue weighted by Crippen LogP contribution is -2.52. The van der Waals surface area contributed by atoms with Crippen molar-refractivity contribution in [1.82, 2.24) is 5.32 Å². The number of esters is 1. The molecule has 30 heavy (non-hydrogen) atoms. The highest BCUT2D eigenvalue weighted by molar-refractivity contribution is 5.93. The van der Waals surface area contributed by atoms with Gasteiger partial charge < -0.3 is 30.7 Å². The van der Waals surface area contributed by atoms with E-state index in [4.69, 9.17) is 15.2 Å². The van der Waals surface area contributed by atoms with Gasteiger partial charge >= 0.3 is 11.9 Å². The third-order valence-electron chi connectivity index (χ3n) is 5.59. The fraction of sp³-hybridized carbons (Fsp3) is 0.571. The molecule has 0 heterocycles. The van der Waals surface area contributed by atoms with Crippen LogP contribution in [0.15, 0.2) is 18.2 Å². The number of benzene rings is 1. The smallest absolute Gasteiger partial charge is 0.328 e. The quantitative estimate of drug-likeness (QED) is 0.438. The third kappa shape index (κ3) is 5.85. The van der Waals surface area contributed by atoms with Crippen molar-refractivity contribution in [2.45, 2.75) is 56.5 Å². The predicted octanol–water partition coefficient (Wildman–Crippen LogP) is 1.52. The van der Waals surface area contributed by atoms with Gasteiger partial charge in [-0.1, -0.05) is 38.2 Å². The SMILES string of the molecule is COC(=O)C(CC1CCCCC1)NC(=O)C(N)C(C(=O)O)c1ccc(OC)c(O)c1. The molecular weight excluding hydrogens is 392 g/mol. The van der Waals surface area contributed by atoms with Crippen molar-refractivity contribution < 1.29 is 34.1 Å². The van der Waals surface area contributed by atoms with Crippen molar-refractivity contribution in [1.29, 1.82) is 0 Å². The molecule has 1 aliphatic rings. The number of methoxy groups -OCH3 is 2. The number of phenols is 1. The van der Waals surface area contributed by atoms with Gasteiger partial charge in [-0.2, -0.15) is 0 Å². The van der Waals surface area contributed by atoms with Gasteiger partial charge in [0.1, 0.15) is 18.0 Å². The van der Waals surface area contributed by atoms with Crippen LogP contribution in [-0.2, 0) is 19.1 Å². The number of hydrogen-bond donors (Lipinski definition) is 4. The van der Waals surface area contributed by atoms with Crippen LogP contribution >= 0.6 is 0 Å². The molecule has 0 aromatic heterocycles. The molecule has 5 N–H and O–H groups in total.